The average molecular weight is 558 g/mol. The molecule has 1 amide bonds. The second-order valence-corrected chi connectivity index (χ2v) is 10.3. The molecule has 0 radical (unpaired) electrons. The Morgan fingerprint density at radius 3 is 2.54 bits per heavy atom. The van der Waals surface area contributed by atoms with Crippen molar-refractivity contribution in [3.05, 3.63) is 81.3 Å². The summed E-state index contributed by atoms with van der Waals surface area (Å²) in [6.07, 6.45) is 1.68. The van der Waals surface area contributed by atoms with Crippen LogP contribution in [0.4, 0.5) is 0 Å². The maximum atomic E-state index is 14.0. The SMILES string of the molecule is COc1cccc(-c2nc3cc(OC)c(OC)cc3cc2CN(C[C@H]2CCCO2)C(=O)c2cc(C)c(C)[nH]c2=O)c1. The Kier molecular flexibility index (Phi) is 8.26. The molecule has 0 unspecified atom stereocenters. The highest BCUT2D eigenvalue weighted by Gasteiger charge is 2.27. The number of fused-ring (bicyclic) bond motifs is 1. The number of H-pyrrole nitrogens is 1. The smallest absolute Gasteiger partial charge is 0.261 e. The zero-order chi connectivity index (χ0) is 29.1. The molecule has 41 heavy (non-hydrogen) atoms. The van der Waals surface area contributed by atoms with Crippen molar-refractivity contribution in [1.82, 2.24) is 14.9 Å². The number of aryl methyl sites for hydroxylation is 2. The summed E-state index contributed by atoms with van der Waals surface area (Å²) < 4.78 is 22.5. The number of methoxy groups -OCH3 is 3. The van der Waals surface area contributed by atoms with Crippen LogP contribution in [0.1, 0.15) is 40.0 Å². The standard InChI is InChI=1S/C32H35N3O6/c1-19-12-26(31(36)33-20(19)2)32(37)35(18-25-10-7-11-41-25)17-23-13-22-15-28(39-4)29(40-5)16-27(22)34-30(23)21-8-6-9-24(14-21)38-3/h6,8-9,12-16,25H,7,10-11,17-18H2,1-5H3,(H,33,36)/t25-/m1/s1. The van der Waals surface area contributed by atoms with Gasteiger partial charge in [-0.25, -0.2) is 4.98 Å². The second-order valence-electron chi connectivity index (χ2n) is 10.3. The van der Waals surface area contributed by atoms with Gasteiger partial charge in [0.05, 0.1) is 38.6 Å². The van der Waals surface area contributed by atoms with E-state index in [9.17, 15) is 9.59 Å². The Hall–Kier alpha value is -4.37. The molecule has 5 rings (SSSR count). The van der Waals surface area contributed by atoms with E-state index in [1.165, 1.54) is 0 Å². The summed E-state index contributed by atoms with van der Waals surface area (Å²) in [6, 6.07) is 15.0. The van der Waals surface area contributed by atoms with E-state index < -0.39 is 5.56 Å². The first-order valence-corrected chi connectivity index (χ1v) is 13.6. The molecule has 0 bridgehead atoms. The van der Waals surface area contributed by atoms with E-state index in [0.717, 1.165) is 40.6 Å². The zero-order valence-corrected chi connectivity index (χ0v) is 24.1. The van der Waals surface area contributed by atoms with Gasteiger partial charge >= 0.3 is 0 Å². The Balaban J connectivity index is 1.65. The number of nitrogens with zero attached hydrogens (tertiary/aromatic N) is 2. The van der Waals surface area contributed by atoms with Crippen molar-refractivity contribution in [1.29, 1.82) is 0 Å². The summed E-state index contributed by atoms with van der Waals surface area (Å²) >= 11 is 0. The van der Waals surface area contributed by atoms with E-state index in [1.807, 2.05) is 56.3 Å². The predicted octanol–water partition coefficient (Wildman–Crippen LogP) is 5.05. The van der Waals surface area contributed by atoms with Crippen molar-refractivity contribution in [2.75, 3.05) is 34.5 Å². The lowest BCUT2D eigenvalue weighted by molar-refractivity contribution is 0.0506. The molecule has 1 atom stereocenters. The van der Waals surface area contributed by atoms with Crippen LogP contribution in [0, 0.1) is 13.8 Å². The number of amides is 1. The van der Waals surface area contributed by atoms with E-state index in [1.54, 1.807) is 32.3 Å². The number of carbonyl (C=O) groups excluding carboxylic acids is 1. The highest BCUT2D eigenvalue weighted by Crippen LogP contribution is 2.35. The van der Waals surface area contributed by atoms with Crippen LogP contribution in [0.2, 0.25) is 0 Å². The molecule has 1 aliphatic heterocycles. The summed E-state index contributed by atoms with van der Waals surface area (Å²) in [6.45, 7) is 4.93. The largest absolute Gasteiger partial charge is 0.497 e. The van der Waals surface area contributed by atoms with Crippen LogP contribution in [0.3, 0.4) is 0 Å². The lowest BCUT2D eigenvalue weighted by atomic mass is 10.0. The van der Waals surface area contributed by atoms with Gasteiger partial charge in [0.15, 0.2) is 11.5 Å². The van der Waals surface area contributed by atoms with Crippen molar-refractivity contribution in [3.8, 4) is 28.5 Å². The number of carbonyl (C=O) groups is 1. The van der Waals surface area contributed by atoms with Gasteiger partial charge in [-0.05, 0) is 68.1 Å². The predicted molar refractivity (Wildman–Crippen MR) is 157 cm³/mol. The summed E-state index contributed by atoms with van der Waals surface area (Å²) in [5, 5.41) is 0.831. The molecule has 1 N–H and O–H groups in total. The molecule has 0 spiro atoms. The fourth-order valence-corrected chi connectivity index (χ4v) is 5.20. The van der Waals surface area contributed by atoms with Crippen LogP contribution in [-0.2, 0) is 11.3 Å². The monoisotopic (exact) mass is 557 g/mol. The fraction of sp³-hybridized carbons (Fsp3) is 0.344. The van der Waals surface area contributed by atoms with Gasteiger partial charge in [0.2, 0.25) is 0 Å². The van der Waals surface area contributed by atoms with Crippen LogP contribution in [-0.4, -0.2) is 61.4 Å². The third kappa shape index (κ3) is 5.90. The molecular weight excluding hydrogens is 522 g/mol. The van der Waals surface area contributed by atoms with Crippen molar-refractivity contribution in [2.45, 2.75) is 39.3 Å². The average Bonchev–Trinajstić information content (AvgIpc) is 3.50. The lowest BCUT2D eigenvalue weighted by Gasteiger charge is -2.27. The van der Waals surface area contributed by atoms with Crippen LogP contribution in [0.25, 0.3) is 22.2 Å². The van der Waals surface area contributed by atoms with E-state index in [0.29, 0.717) is 41.6 Å². The summed E-state index contributed by atoms with van der Waals surface area (Å²) in [5.41, 5.74) is 4.34. The molecular formula is C32H35N3O6. The van der Waals surface area contributed by atoms with Crippen LogP contribution < -0.4 is 19.8 Å². The molecule has 214 valence electrons. The van der Waals surface area contributed by atoms with Gasteiger partial charge in [0.25, 0.3) is 11.5 Å². The van der Waals surface area contributed by atoms with Crippen LogP contribution >= 0.6 is 0 Å². The maximum Gasteiger partial charge on any atom is 0.261 e. The third-order valence-electron chi connectivity index (χ3n) is 7.57. The van der Waals surface area contributed by atoms with Gasteiger partial charge < -0.3 is 28.8 Å². The molecule has 3 heterocycles. The van der Waals surface area contributed by atoms with Crippen molar-refractivity contribution in [2.24, 2.45) is 0 Å². The van der Waals surface area contributed by atoms with E-state index in [2.05, 4.69) is 4.98 Å². The molecule has 1 aliphatic rings. The summed E-state index contributed by atoms with van der Waals surface area (Å²) in [7, 11) is 4.80. The second kappa shape index (κ2) is 12.0. The van der Waals surface area contributed by atoms with Crippen LogP contribution in [0.5, 0.6) is 17.2 Å². The molecule has 1 saturated heterocycles. The van der Waals surface area contributed by atoms with Crippen LogP contribution in [0.15, 0.2) is 53.3 Å². The number of hydrogen-bond donors (Lipinski definition) is 1. The molecule has 1 fully saturated rings. The maximum absolute atomic E-state index is 14.0. The molecule has 0 saturated carbocycles. The first-order chi connectivity index (χ1) is 19.8. The quantitative estimate of drug-likeness (QED) is 0.307. The Bertz CT molecular complexity index is 1640. The van der Waals surface area contributed by atoms with Gasteiger partial charge in [0.1, 0.15) is 11.3 Å². The Morgan fingerprint density at radius 1 is 1.05 bits per heavy atom. The highest BCUT2D eigenvalue weighted by atomic mass is 16.5. The minimum Gasteiger partial charge on any atom is -0.497 e. The van der Waals surface area contributed by atoms with Gasteiger partial charge in [-0.2, -0.15) is 0 Å². The zero-order valence-electron chi connectivity index (χ0n) is 24.1. The minimum absolute atomic E-state index is 0.106. The van der Waals surface area contributed by atoms with Gasteiger partial charge in [-0.15, -0.1) is 0 Å². The number of aromatic nitrogens is 2. The molecule has 9 nitrogen and oxygen atoms in total. The van der Waals surface area contributed by atoms with E-state index in [-0.39, 0.29) is 24.1 Å². The topological polar surface area (TPSA) is 103 Å². The number of ether oxygens (including phenoxy) is 4. The van der Waals surface area contributed by atoms with E-state index >= 15 is 0 Å². The van der Waals surface area contributed by atoms with Gasteiger partial charge in [0, 0.05) is 42.4 Å². The molecule has 0 aliphatic carbocycles. The number of hydrogen-bond acceptors (Lipinski definition) is 7. The summed E-state index contributed by atoms with van der Waals surface area (Å²) in [5.74, 6) is 1.49. The van der Waals surface area contributed by atoms with Gasteiger partial charge in [-0.1, -0.05) is 12.1 Å². The van der Waals surface area contributed by atoms with Gasteiger partial charge in [-0.3, -0.25) is 9.59 Å². The number of aromatic amines is 1. The molecule has 9 heteroatoms. The Morgan fingerprint density at radius 2 is 1.83 bits per heavy atom. The highest BCUT2D eigenvalue weighted by molar-refractivity contribution is 5.94. The first kappa shape index (κ1) is 28.2. The Labute approximate surface area is 239 Å². The summed E-state index contributed by atoms with van der Waals surface area (Å²) in [4.78, 5) is 36.4. The molecule has 2 aromatic carbocycles. The molecule has 4 aromatic rings. The number of pyridine rings is 2. The molecule has 2 aromatic heterocycles. The van der Waals surface area contributed by atoms with Crippen molar-refractivity contribution >= 4 is 16.8 Å². The minimum atomic E-state index is -0.406. The van der Waals surface area contributed by atoms with Crippen molar-refractivity contribution < 1.29 is 23.7 Å². The normalized spacial score (nSPS) is 14.7. The first-order valence-electron chi connectivity index (χ1n) is 13.6. The lowest BCUT2D eigenvalue weighted by Crippen LogP contribution is -2.39. The van der Waals surface area contributed by atoms with Crippen molar-refractivity contribution in [3.63, 3.8) is 0 Å². The number of benzene rings is 2. The number of rotatable bonds is 9. The number of nitrogens with one attached hydrogen (secondary N) is 1. The fourth-order valence-electron chi connectivity index (χ4n) is 5.20. The third-order valence-corrected chi connectivity index (χ3v) is 7.57. The van der Waals surface area contributed by atoms with E-state index in [4.69, 9.17) is 23.9 Å².